The third-order valence-electron chi connectivity index (χ3n) is 3.95. The molecular weight excluding hydrogens is 252 g/mol. The van der Waals surface area contributed by atoms with Crippen LogP contribution in [-0.4, -0.2) is 40.8 Å². The summed E-state index contributed by atoms with van der Waals surface area (Å²) in [5, 5.41) is 13.2. The van der Waals surface area contributed by atoms with Crippen LogP contribution in [0.4, 0.5) is 11.6 Å². The number of aliphatic hydroxyl groups is 1. The number of aromatic nitrogens is 2. The van der Waals surface area contributed by atoms with Gasteiger partial charge in [0.05, 0.1) is 6.10 Å². The van der Waals surface area contributed by atoms with Crippen LogP contribution in [0.3, 0.4) is 0 Å². The maximum absolute atomic E-state index is 9.84. The first-order chi connectivity index (χ1) is 9.76. The average Bonchev–Trinajstić information content (AvgIpc) is 3.29. The van der Waals surface area contributed by atoms with E-state index in [-0.39, 0.29) is 6.10 Å². The molecule has 1 unspecified atom stereocenters. The van der Waals surface area contributed by atoms with Crippen LogP contribution in [0.2, 0.25) is 0 Å². The van der Waals surface area contributed by atoms with Gasteiger partial charge in [0.2, 0.25) is 0 Å². The fourth-order valence-electron chi connectivity index (χ4n) is 2.65. The highest BCUT2D eigenvalue weighted by Crippen LogP contribution is 2.39. The molecule has 0 aromatic carbocycles. The number of hydrogen-bond acceptors (Lipinski definition) is 5. The summed E-state index contributed by atoms with van der Waals surface area (Å²) in [6.45, 7) is 4.75. The standard InChI is InChI=1S/C15H24N4O/c1-2-7-16-13-9-14(18-15(17-13)11-5-6-11)19-8-3-4-12(20)10-19/h9,11-12,20H,2-8,10H2,1H3,(H,16,17,18). The summed E-state index contributed by atoms with van der Waals surface area (Å²) in [5.41, 5.74) is 0. The van der Waals surface area contributed by atoms with Crippen molar-refractivity contribution in [2.45, 2.75) is 51.0 Å². The molecule has 0 bridgehead atoms. The summed E-state index contributed by atoms with van der Waals surface area (Å²) in [7, 11) is 0. The van der Waals surface area contributed by atoms with Gasteiger partial charge in [-0.3, -0.25) is 0 Å². The summed E-state index contributed by atoms with van der Waals surface area (Å²) in [6, 6.07) is 2.03. The number of piperidine rings is 1. The molecule has 5 heteroatoms. The zero-order valence-electron chi connectivity index (χ0n) is 12.2. The molecule has 1 aromatic heterocycles. The molecule has 2 fully saturated rings. The monoisotopic (exact) mass is 276 g/mol. The van der Waals surface area contributed by atoms with Gasteiger partial charge in [-0.1, -0.05) is 6.92 Å². The molecule has 1 saturated carbocycles. The number of nitrogens with zero attached hydrogens (tertiary/aromatic N) is 3. The van der Waals surface area contributed by atoms with E-state index in [0.717, 1.165) is 49.8 Å². The molecule has 110 valence electrons. The van der Waals surface area contributed by atoms with E-state index in [2.05, 4.69) is 22.1 Å². The molecule has 0 radical (unpaired) electrons. The molecule has 2 heterocycles. The molecule has 1 saturated heterocycles. The van der Waals surface area contributed by atoms with Gasteiger partial charge in [-0.2, -0.15) is 0 Å². The zero-order chi connectivity index (χ0) is 13.9. The molecule has 3 rings (SSSR count). The van der Waals surface area contributed by atoms with Crippen molar-refractivity contribution in [1.82, 2.24) is 9.97 Å². The van der Waals surface area contributed by atoms with Crippen molar-refractivity contribution in [3.63, 3.8) is 0 Å². The average molecular weight is 276 g/mol. The van der Waals surface area contributed by atoms with E-state index in [1.807, 2.05) is 6.07 Å². The molecule has 1 aliphatic heterocycles. The highest BCUT2D eigenvalue weighted by atomic mass is 16.3. The Labute approximate surface area is 120 Å². The molecule has 0 amide bonds. The van der Waals surface area contributed by atoms with Crippen LogP contribution in [0.15, 0.2) is 6.07 Å². The summed E-state index contributed by atoms with van der Waals surface area (Å²) in [5.74, 6) is 3.42. The highest BCUT2D eigenvalue weighted by Gasteiger charge is 2.28. The zero-order valence-corrected chi connectivity index (χ0v) is 12.2. The fraction of sp³-hybridized carbons (Fsp3) is 0.733. The summed E-state index contributed by atoms with van der Waals surface area (Å²) in [6.07, 6.45) is 5.20. The van der Waals surface area contributed by atoms with Gasteiger partial charge in [-0.05, 0) is 32.1 Å². The van der Waals surface area contributed by atoms with Gasteiger partial charge in [0.15, 0.2) is 0 Å². The van der Waals surface area contributed by atoms with Crippen molar-refractivity contribution < 1.29 is 5.11 Å². The Hall–Kier alpha value is -1.36. The smallest absolute Gasteiger partial charge is 0.136 e. The van der Waals surface area contributed by atoms with Gasteiger partial charge >= 0.3 is 0 Å². The molecule has 2 aliphatic rings. The summed E-state index contributed by atoms with van der Waals surface area (Å²) in [4.78, 5) is 11.6. The SMILES string of the molecule is CCCNc1cc(N2CCCC(O)C2)nc(C2CC2)n1. The maximum Gasteiger partial charge on any atom is 0.136 e. The van der Waals surface area contributed by atoms with Crippen molar-refractivity contribution in [2.24, 2.45) is 0 Å². The van der Waals surface area contributed by atoms with Crippen molar-refractivity contribution in [1.29, 1.82) is 0 Å². The van der Waals surface area contributed by atoms with Gasteiger partial charge in [0.1, 0.15) is 17.5 Å². The summed E-state index contributed by atoms with van der Waals surface area (Å²) < 4.78 is 0. The lowest BCUT2D eigenvalue weighted by atomic mass is 10.1. The minimum absolute atomic E-state index is 0.227. The normalized spacial score (nSPS) is 22.9. The molecule has 20 heavy (non-hydrogen) atoms. The lowest BCUT2D eigenvalue weighted by Crippen LogP contribution is -2.38. The van der Waals surface area contributed by atoms with E-state index in [1.54, 1.807) is 0 Å². The van der Waals surface area contributed by atoms with Crippen molar-refractivity contribution in [3.05, 3.63) is 11.9 Å². The Morgan fingerprint density at radius 1 is 1.35 bits per heavy atom. The van der Waals surface area contributed by atoms with E-state index >= 15 is 0 Å². The first kappa shape index (κ1) is 13.6. The molecule has 0 spiro atoms. The molecule has 1 atom stereocenters. The van der Waals surface area contributed by atoms with E-state index in [9.17, 15) is 5.11 Å². The lowest BCUT2D eigenvalue weighted by molar-refractivity contribution is 0.154. The highest BCUT2D eigenvalue weighted by molar-refractivity contribution is 5.50. The van der Waals surface area contributed by atoms with Gasteiger partial charge in [0.25, 0.3) is 0 Å². The van der Waals surface area contributed by atoms with Crippen LogP contribution in [0.5, 0.6) is 0 Å². The largest absolute Gasteiger partial charge is 0.391 e. The third-order valence-corrected chi connectivity index (χ3v) is 3.95. The number of nitrogens with one attached hydrogen (secondary N) is 1. The van der Waals surface area contributed by atoms with Crippen LogP contribution in [0.1, 0.15) is 50.8 Å². The second kappa shape index (κ2) is 5.95. The minimum Gasteiger partial charge on any atom is -0.391 e. The van der Waals surface area contributed by atoms with Gasteiger partial charge in [0, 0.05) is 31.6 Å². The first-order valence-electron chi connectivity index (χ1n) is 7.82. The third kappa shape index (κ3) is 3.20. The number of aliphatic hydroxyl groups excluding tert-OH is 1. The number of β-amino-alcohol motifs (C(OH)–C–C–N with tert-alkyl or cyclic N) is 1. The Kier molecular flexibility index (Phi) is 4.05. The first-order valence-corrected chi connectivity index (χ1v) is 7.82. The van der Waals surface area contributed by atoms with Crippen LogP contribution in [0.25, 0.3) is 0 Å². The van der Waals surface area contributed by atoms with Crippen LogP contribution in [-0.2, 0) is 0 Å². The number of hydrogen-bond donors (Lipinski definition) is 2. The Morgan fingerprint density at radius 3 is 2.90 bits per heavy atom. The minimum atomic E-state index is -0.227. The predicted molar refractivity (Wildman–Crippen MR) is 80.2 cm³/mol. The molecular formula is C15H24N4O. The number of anilines is 2. The molecule has 1 aromatic rings. The van der Waals surface area contributed by atoms with E-state index in [0.29, 0.717) is 12.5 Å². The van der Waals surface area contributed by atoms with E-state index in [1.165, 1.54) is 12.8 Å². The Balaban J connectivity index is 1.82. The van der Waals surface area contributed by atoms with E-state index < -0.39 is 0 Å². The number of rotatable bonds is 5. The van der Waals surface area contributed by atoms with Crippen molar-refractivity contribution in [2.75, 3.05) is 29.9 Å². The predicted octanol–water partition coefficient (Wildman–Crippen LogP) is 2.14. The van der Waals surface area contributed by atoms with Crippen LogP contribution >= 0.6 is 0 Å². The molecule has 2 N–H and O–H groups in total. The van der Waals surface area contributed by atoms with E-state index in [4.69, 9.17) is 4.98 Å². The second-order valence-electron chi connectivity index (χ2n) is 5.91. The molecule has 1 aliphatic carbocycles. The van der Waals surface area contributed by atoms with Crippen LogP contribution < -0.4 is 10.2 Å². The van der Waals surface area contributed by atoms with Gasteiger partial charge < -0.3 is 15.3 Å². The Morgan fingerprint density at radius 2 is 2.20 bits per heavy atom. The lowest BCUT2D eigenvalue weighted by Gasteiger charge is -2.31. The summed E-state index contributed by atoms with van der Waals surface area (Å²) >= 11 is 0. The van der Waals surface area contributed by atoms with Gasteiger partial charge in [-0.15, -0.1) is 0 Å². The van der Waals surface area contributed by atoms with Crippen molar-refractivity contribution in [3.8, 4) is 0 Å². The Bertz CT molecular complexity index is 461. The fourth-order valence-corrected chi connectivity index (χ4v) is 2.65. The quantitative estimate of drug-likeness (QED) is 0.862. The molecule has 5 nitrogen and oxygen atoms in total. The second-order valence-corrected chi connectivity index (χ2v) is 5.91. The topological polar surface area (TPSA) is 61.3 Å². The van der Waals surface area contributed by atoms with Crippen molar-refractivity contribution >= 4 is 11.6 Å². The van der Waals surface area contributed by atoms with Gasteiger partial charge in [-0.25, -0.2) is 9.97 Å². The maximum atomic E-state index is 9.84. The van der Waals surface area contributed by atoms with Crippen LogP contribution in [0, 0.1) is 0 Å².